The van der Waals surface area contributed by atoms with E-state index in [9.17, 15) is 22.6 Å². The number of carbonyl (C=O) groups is 2. The molecule has 1 heterocycles. The molecule has 10 heteroatoms. The zero-order valence-electron chi connectivity index (χ0n) is 7.78. The molecule has 0 saturated carbocycles. The van der Waals surface area contributed by atoms with E-state index in [4.69, 9.17) is 10.8 Å². The molecule has 1 aliphatic rings. The molecule has 0 radical (unpaired) electrons. The van der Waals surface area contributed by atoms with Crippen LogP contribution >= 0.6 is 0 Å². The molecular weight excluding hydrogens is 255 g/mol. The molecule has 1 saturated heterocycles. The van der Waals surface area contributed by atoms with Crippen LogP contribution < -0.4 is 57.1 Å². The molecule has 0 aromatic heterocycles. The van der Waals surface area contributed by atoms with Crippen LogP contribution in [0.1, 0.15) is 6.42 Å². The molecular formula is C5H7KN2O6S. The second kappa shape index (κ2) is 5.18. The van der Waals surface area contributed by atoms with Gasteiger partial charge in [-0.05, 0) is 0 Å². The van der Waals surface area contributed by atoms with Gasteiger partial charge < -0.3 is 15.4 Å². The summed E-state index contributed by atoms with van der Waals surface area (Å²) >= 11 is 0. The molecule has 8 nitrogen and oxygen atoms in total. The SMILES string of the molecule is NC1C(=O)N(S(=O)(=O)[O-])C1CC(=O)O.[K+]. The Morgan fingerprint density at radius 1 is 1.60 bits per heavy atom. The summed E-state index contributed by atoms with van der Waals surface area (Å²) < 4.78 is 31.4. The Bertz CT molecular complexity index is 381. The van der Waals surface area contributed by atoms with Crippen LogP contribution in [-0.2, 0) is 19.9 Å². The summed E-state index contributed by atoms with van der Waals surface area (Å²) in [6, 6.07) is -2.49. The summed E-state index contributed by atoms with van der Waals surface area (Å²) in [5.74, 6) is -2.39. The van der Waals surface area contributed by atoms with Crippen LogP contribution in [0.5, 0.6) is 0 Å². The number of carbonyl (C=O) groups excluding carboxylic acids is 1. The van der Waals surface area contributed by atoms with Gasteiger partial charge in [-0.3, -0.25) is 9.59 Å². The predicted molar refractivity (Wildman–Crippen MR) is 40.6 cm³/mol. The van der Waals surface area contributed by atoms with Crippen molar-refractivity contribution in [2.75, 3.05) is 0 Å². The molecule has 1 rings (SSSR count). The molecule has 1 aliphatic heterocycles. The third-order valence-electron chi connectivity index (χ3n) is 1.84. The van der Waals surface area contributed by atoms with Crippen molar-refractivity contribution in [2.45, 2.75) is 18.5 Å². The predicted octanol–water partition coefficient (Wildman–Crippen LogP) is -5.54. The van der Waals surface area contributed by atoms with Gasteiger partial charge in [0.25, 0.3) is 5.91 Å². The van der Waals surface area contributed by atoms with Crippen molar-refractivity contribution in [3.8, 4) is 0 Å². The molecule has 0 spiro atoms. The molecule has 80 valence electrons. The van der Waals surface area contributed by atoms with E-state index < -0.39 is 40.7 Å². The zero-order valence-corrected chi connectivity index (χ0v) is 11.7. The third kappa shape index (κ3) is 3.20. The first-order chi connectivity index (χ1) is 6.25. The van der Waals surface area contributed by atoms with Gasteiger partial charge in [0.2, 0.25) is 0 Å². The Balaban J connectivity index is 0.00000196. The van der Waals surface area contributed by atoms with E-state index in [1.165, 1.54) is 0 Å². The third-order valence-corrected chi connectivity index (χ3v) is 2.78. The minimum Gasteiger partial charge on any atom is -0.731 e. The topological polar surface area (TPSA) is 141 Å². The summed E-state index contributed by atoms with van der Waals surface area (Å²) in [5.41, 5.74) is 5.14. The number of nitrogens with zero attached hydrogens (tertiary/aromatic N) is 1. The maximum atomic E-state index is 10.8. The van der Waals surface area contributed by atoms with E-state index in [0.29, 0.717) is 0 Å². The van der Waals surface area contributed by atoms with Crippen LogP contribution in [0.2, 0.25) is 0 Å². The van der Waals surface area contributed by atoms with E-state index in [1.807, 2.05) is 0 Å². The molecule has 15 heavy (non-hydrogen) atoms. The molecule has 0 aromatic carbocycles. The van der Waals surface area contributed by atoms with E-state index in [0.717, 1.165) is 0 Å². The number of rotatable bonds is 3. The quantitative estimate of drug-likeness (QED) is 0.293. The zero-order chi connectivity index (χ0) is 11.1. The number of hydrogen-bond acceptors (Lipinski definition) is 6. The smallest absolute Gasteiger partial charge is 0.731 e. The Hall–Kier alpha value is 0.446. The van der Waals surface area contributed by atoms with Gasteiger partial charge in [-0.2, -0.15) is 0 Å². The summed E-state index contributed by atoms with van der Waals surface area (Å²) in [6.45, 7) is 0. The molecule has 3 N–H and O–H groups in total. The van der Waals surface area contributed by atoms with Gasteiger partial charge in [-0.15, -0.1) is 0 Å². The summed E-state index contributed by atoms with van der Waals surface area (Å²) in [6.07, 6.45) is -0.658. The summed E-state index contributed by atoms with van der Waals surface area (Å²) in [4.78, 5) is 21.1. The van der Waals surface area contributed by atoms with Gasteiger partial charge in [0, 0.05) is 0 Å². The standard InChI is InChI=1S/C5H8N2O6S.K/c6-4-2(1-3(8)9)7(5(4)10)14(11,12)13;/h2,4H,1,6H2,(H,8,9)(H,11,12,13);/q;+1/p-1. The van der Waals surface area contributed by atoms with Crippen molar-refractivity contribution < 1.29 is 79.1 Å². The molecule has 2 unspecified atom stereocenters. The molecule has 0 bridgehead atoms. The second-order valence-corrected chi connectivity index (χ2v) is 4.03. The normalized spacial score (nSPS) is 25.5. The number of amides is 1. The van der Waals surface area contributed by atoms with Gasteiger partial charge in [-0.1, -0.05) is 0 Å². The summed E-state index contributed by atoms with van der Waals surface area (Å²) in [7, 11) is -4.95. The van der Waals surface area contributed by atoms with E-state index in [2.05, 4.69) is 0 Å². The van der Waals surface area contributed by atoms with E-state index >= 15 is 0 Å². The van der Waals surface area contributed by atoms with Crippen molar-refractivity contribution in [1.29, 1.82) is 0 Å². The average molecular weight is 262 g/mol. The number of nitrogens with two attached hydrogens (primary N) is 1. The van der Waals surface area contributed by atoms with E-state index in [-0.39, 0.29) is 55.7 Å². The van der Waals surface area contributed by atoms with Crippen molar-refractivity contribution in [3.05, 3.63) is 0 Å². The van der Waals surface area contributed by atoms with Gasteiger partial charge in [0.1, 0.15) is 6.04 Å². The van der Waals surface area contributed by atoms with Crippen molar-refractivity contribution in [1.82, 2.24) is 4.31 Å². The molecule has 0 aliphatic carbocycles. The fourth-order valence-corrected chi connectivity index (χ4v) is 2.08. The number of β-lactam (4-membered cyclic amide) rings is 1. The maximum absolute atomic E-state index is 10.8. The molecule has 1 fully saturated rings. The molecule has 2 atom stereocenters. The monoisotopic (exact) mass is 262 g/mol. The number of aliphatic carboxylic acids is 1. The first-order valence-electron chi connectivity index (χ1n) is 3.51. The number of carboxylic acids is 1. The maximum Gasteiger partial charge on any atom is 1.00 e. The van der Waals surface area contributed by atoms with Gasteiger partial charge in [-0.25, -0.2) is 12.7 Å². The van der Waals surface area contributed by atoms with Crippen LogP contribution in [-0.4, -0.2) is 46.3 Å². The van der Waals surface area contributed by atoms with Gasteiger partial charge in [0.05, 0.1) is 12.5 Å². The molecule has 0 aromatic rings. The van der Waals surface area contributed by atoms with Crippen molar-refractivity contribution in [3.63, 3.8) is 0 Å². The second-order valence-electron chi connectivity index (χ2n) is 2.78. The van der Waals surface area contributed by atoms with E-state index in [1.54, 1.807) is 0 Å². The average Bonchev–Trinajstić information content (AvgIpc) is 1.99. The Kier molecular flexibility index (Phi) is 5.34. The first-order valence-corrected chi connectivity index (χ1v) is 4.88. The van der Waals surface area contributed by atoms with Gasteiger partial charge in [0.15, 0.2) is 10.3 Å². The van der Waals surface area contributed by atoms with Gasteiger partial charge >= 0.3 is 57.4 Å². The first kappa shape index (κ1) is 15.4. The Morgan fingerprint density at radius 3 is 2.40 bits per heavy atom. The van der Waals surface area contributed by atoms with Crippen LogP contribution in [0.4, 0.5) is 0 Å². The Morgan fingerprint density at radius 2 is 2.07 bits per heavy atom. The Labute approximate surface area is 128 Å². The summed E-state index contributed by atoms with van der Waals surface area (Å²) in [5, 5.41) is 8.35. The van der Waals surface area contributed by atoms with Crippen molar-refractivity contribution >= 4 is 22.2 Å². The van der Waals surface area contributed by atoms with Crippen molar-refractivity contribution in [2.24, 2.45) is 5.73 Å². The number of hydrogen-bond donors (Lipinski definition) is 2. The fourth-order valence-electron chi connectivity index (χ4n) is 1.20. The van der Waals surface area contributed by atoms with Crippen LogP contribution in [0.25, 0.3) is 0 Å². The van der Waals surface area contributed by atoms with Crippen LogP contribution in [0, 0.1) is 0 Å². The minimum absolute atomic E-state index is 0. The number of carboxylic acid groups (broad SMARTS) is 1. The largest absolute Gasteiger partial charge is 1.00 e. The van der Waals surface area contributed by atoms with Crippen LogP contribution in [0.15, 0.2) is 0 Å². The fraction of sp³-hybridized carbons (Fsp3) is 0.600. The van der Waals surface area contributed by atoms with Crippen LogP contribution in [0.3, 0.4) is 0 Å². The molecule has 1 amide bonds. The minimum atomic E-state index is -4.95.